The molecule has 0 aliphatic heterocycles. The second-order valence-electron chi connectivity index (χ2n) is 9.41. The summed E-state index contributed by atoms with van der Waals surface area (Å²) in [5, 5.41) is 10.3. The average Bonchev–Trinajstić information content (AvgIpc) is 3.65. The van der Waals surface area contributed by atoms with Crippen molar-refractivity contribution in [3.05, 3.63) is 97.7 Å². The van der Waals surface area contributed by atoms with Crippen LogP contribution in [0.25, 0.3) is 70.5 Å². The van der Waals surface area contributed by atoms with Crippen molar-refractivity contribution in [1.29, 1.82) is 0 Å². The van der Waals surface area contributed by atoms with Gasteiger partial charge in [-0.25, -0.2) is 0 Å². The minimum atomic E-state index is -0.871. The molecule has 0 radical (unpaired) electrons. The summed E-state index contributed by atoms with van der Waals surface area (Å²) in [5.41, 5.74) is 5.93. The Hall–Kier alpha value is -4.47. The smallest absolute Gasteiger partial charge is 0.456 e. The van der Waals surface area contributed by atoms with Crippen molar-refractivity contribution in [2.45, 2.75) is 0 Å². The van der Waals surface area contributed by atoms with E-state index in [1.165, 1.54) is 64.9 Å². The van der Waals surface area contributed by atoms with Gasteiger partial charge < -0.3 is 4.42 Å². The third kappa shape index (κ3) is 1.71. The first-order valence-corrected chi connectivity index (χ1v) is 13.1. The fourth-order valence-electron chi connectivity index (χ4n) is 6.57. The number of rotatable bonds is 0. The van der Waals surface area contributed by atoms with Crippen LogP contribution < -0.4 is 13.3 Å². The van der Waals surface area contributed by atoms with Crippen molar-refractivity contribution in [2.24, 2.45) is 0 Å². The van der Waals surface area contributed by atoms with Gasteiger partial charge in [-0.2, -0.15) is 0 Å². The normalized spacial score (nSPS) is 13.7. The van der Waals surface area contributed by atoms with E-state index >= 15 is 0 Å². The van der Waals surface area contributed by atoms with Gasteiger partial charge in [-0.05, 0) is 24.3 Å². The number of hydrogen-bond donors (Lipinski definition) is 0. The Kier molecular flexibility index (Phi) is 2.64. The Bertz CT molecular complexity index is 2500. The van der Waals surface area contributed by atoms with Crippen LogP contribution in [0.5, 0.6) is 0 Å². The molecule has 0 aliphatic carbocycles. The lowest BCUT2D eigenvalue weighted by molar-refractivity contribution is -0.589. The number of furan rings is 1. The van der Waals surface area contributed by atoms with Gasteiger partial charge in [0.2, 0.25) is 17.2 Å². The molecule has 0 aliphatic rings. The van der Waals surface area contributed by atoms with Crippen LogP contribution in [0.15, 0.2) is 102 Å². The summed E-state index contributed by atoms with van der Waals surface area (Å²) in [6.07, 6.45) is 8.60. The van der Waals surface area contributed by atoms with Crippen molar-refractivity contribution in [3.8, 4) is 0 Å². The van der Waals surface area contributed by atoms with E-state index in [0.29, 0.717) is 0 Å². The number of fused-ring (bicyclic) bond motifs is 11. The Morgan fingerprint density at radius 3 is 2.63 bits per heavy atom. The van der Waals surface area contributed by atoms with Gasteiger partial charge >= 0.3 is 5.65 Å². The number of nitrogens with zero attached hydrogens (tertiary/aromatic N) is 4. The van der Waals surface area contributed by atoms with Crippen molar-refractivity contribution in [2.75, 3.05) is 0 Å². The van der Waals surface area contributed by atoms with Gasteiger partial charge in [0.25, 0.3) is 10.8 Å². The number of pyridine rings is 1. The monoisotopic (exact) mass is 467 g/mol. The van der Waals surface area contributed by atoms with E-state index in [4.69, 9.17) is 4.42 Å². The van der Waals surface area contributed by atoms with E-state index in [1.807, 2.05) is 6.26 Å². The Labute approximate surface area is 197 Å². The second kappa shape index (κ2) is 5.43. The lowest BCUT2D eigenvalue weighted by atomic mass is 10.0. The van der Waals surface area contributed by atoms with Gasteiger partial charge in [-0.3, -0.25) is 0 Å². The first kappa shape index (κ1) is 17.0. The Balaban J connectivity index is 1.76. The van der Waals surface area contributed by atoms with Crippen LogP contribution in [0.3, 0.4) is 0 Å². The third-order valence-corrected chi connectivity index (χ3v) is 10.3. The fourth-order valence-corrected chi connectivity index (χ4v) is 9.38. The summed E-state index contributed by atoms with van der Waals surface area (Å²) in [5.74, 6) is 0. The summed E-state index contributed by atoms with van der Waals surface area (Å²) in [6.45, 7) is 0. The molecule has 0 saturated heterocycles. The molecule has 3 aromatic carbocycles. The highest BCUT2D eigenvalue weighted by Gasteiger charge is 2.36. The van der Waals surface area contributed by atoms with Crippen LogP contribution in [0.4, 0.5) is 0 Å². The maximum atomic E-state index is 6.17. The van der Waals surface area contributed by atoms with Crippen LogP contribution in [0.2, 0.25) is 0 Å². The van der Waals surface area contributed by atoms with Crippen molar-refractivity contribution in [1.82, 2.24) is 4.28 Å². The molecule has 7 heterocycles. The summed E-state index contributed by atoms with van der Waals surface area (Å²) in [7, 11) is -0.871. The third-order valence-electron chi connectivity index (χ3n) is 7.87. The number of para-hydroxylation sites is 1. The second-order valence-corrected chi connectivity index (χ2v) is 11.3. The maximum absolute atomic E-state index is 6.17. The van der Waals surface area contributed by atoms with E-state index in [9.17, 15) is 0 Å². The standard InChI is InChI=1S/C29H16N4OP/c1-2-7-21-17(6-1)19-10-9-18-20-16-34-23-12-11-22-28(25(20)23)35(32-15-5-14-31(22)32)29-26(18)27(19)33(21)24-8-3-4-13-30(24)29/h1-16H/q+3. The average molecular weight is 467 g/mol. The van der Waals surface area contributed by atoms with E-state index in [-0.39, 0.29) is 0 Å². The summed E-state index contributed by atoms with van der Waals surface area (Å²) >= 11 is 0. The minimum absolute atomic E-state index is 0.871. The SMILES string of the molecule is c1ccc2c(c1)c1ccc3c4coc5ccc6c(c54)p(c4c3c1[n+]2c1cccc[n+]14)n1ccc[n+]61. The molecule has 0 bridgehead atoms. The van der Waals surface area contributed by atoms with E-state index in [2.05, 4.69) is 109 Å². The van der Waals surface area contributed by atoms with Crippen molar-refractivity contribution >= 4 is 78.0 Å². The number of hydrogen-bond acceptors (Lipinski definition) is 1. The predicted molar refractivity (Wildman–Crippen MR) is 137 cm³/mol. The van der Waals surface area contributed by atoms with Gasteiger partial charge in [-0.1, -0.05) is 31.5 Å². The molecule has 0 fully saturated rings. The van der Waals surface area contributed by atoms with Crippen LogP contribution in [0.1, 0.15) is 0 Å². The molecular weight excluding hydrogens is 451 g/mol. The summed E-state index contributed by atoms with van der Waals surface area (Å²) in [6, 6.07) is 26.4. The molecule has 5 nitrogen and oxygen atoms in total. The number of aromatic nitrogens is 4. The van der Waals surface area contributed by atoms with Crippen molar-refractivity contribution in [3.63, 3.8) is 0 Å². The van der Waals surface area contributed by atoms with Gasteiger partial charge in [0.05, 0.1) is 29.3 Å². The van der Waals surface area contributed by atoms with Crippen LogP contribution in [0, 0.1) is 0 Å². The summed E-state index contributed by atoms with van der Waals surface area (Å²) < 4.78 is 15.8. The molecule has 0 spiro atoms. The lowest BCUT2D eigenvalue weighted by Crippen LogP contribution is -2.36. The van der Waals surface area contributed by atoms with Crippen molar-refractivity contribution < 1.29 is 17.7 Å². The molecule has 7 aromatic heterocycles. The highest BCUT2D eigenvalue weighted by atomic mass is 31.1. The first-order valence-electron chi connectivity index (χ1n) is 11.8. The Morgan fingerprint density at radius 2 is 1.63 bits per heavy atom. The van der Waals surface area contributed by atoms with Crippen LogP contribution >= 0.6 is 7.50 Å². The molecular formula is C29H16N4OP+3. The van der Waals surface area contributed by atoms with E-state index in [1.54, 1.807) is 0 Å². The largest absolute Gasteiger partial charge is 0.464 e. The van der Waals surface area contributed by atoms with Gasteiger partial charge in [0.15, 0.2) is 6.20 Å². The predicted octanol–water partition coefficient (Wildman–Crippen LogP) is 5.67. The molecule has 1 unspecified atom stereocenters. The maximum Gasteiger partial charge on any atom is 0.456 e. The topological polar surface area (TPSA) is 29.9 Å². The van der Waals surface area contributed by atoms with E-state index < -0.39 is 7.50 Å². The Morgan fingerprint density at radius 1 is 0.714 bits per heavy atom. The zero-order valence-corrected chi connectivity index (χ0v) is 19.3. The molecule has 0 amide bonds. The zero-order chi connectivity index (χ0) is 22.4. The molecule has 35 heavy (non-hydrogen) atoms. The van der Waals surface area contributed by atoms with Gasteiger partial charge in [-0.15, -0.1) is 4.28 Å². The molecule has 10 aromatic rings. The quantitative estimate of drug-likeness (QED) is 0.209. The van der Waals surface area contributed by atoms with Crippen LogP contribution in [-0.4, -0.2) is 4.28 Å². The number of benzene rings is 3. The molecule has 6 heteroatoms. The lowest BCUT2D eigenvalue weighted by Gasteiger charge is -1.99. The molecule has 160 valence electrons. The minimum Gasteiger partial charge on any atom is -0.464 e. The molecule has 0 N–H and O–H groups in total. The molecule has 1 atom stereocenters. The van der Waals surface area contributed by atoms with E-state index in [0.717, 1.165) is 5.58 Å². The highest BCUT2D eigenvalue weighted by molar-refractivity contribution is 7.54. The molecule has 10 rings (SSSR count). The highest BCUT2D eigenvalue weighted by Crippen LogP contribution is 2.48. The first-order chi connectivity index (χ1) is 17.4. The molecule has 0 saturated carbocycles. The van der Waals surface area contributed by atoms with Gasteiger partial charge in [0.1, 0.15) is 23.6 Å². The van der Waals surface area contributed by atoms with Crippen LogP contribution in [-0.2, 0) is 0 Å². The summed E-state index contributed by atoms with van der Waals surface area (Å²) in [4.78, 5) is 0. The fraction of sp³-hybridized carbons (Fsp3) is 0. The van der Waals surface area contributed by atoms with Gasteiger partial charge in [0, 0.05) is 40.4 Å². The zero-order valence-electron chi connectivity index (χ0n) is 18.4.